The molecule has 5 heteroatoms. The summed E-state index contributed by atoms with van der Waals surface area (Å²) < 4.78 is 30.3. The van der Waals surface area contributed by atoms with Crippen molar-refractivity contribution in [1.29, 1.82) is 0 Å². The Morgan fingerprint density at radius 1 is 0.964 bits per heavy atom. The summed E-state index contributed by atoms with van der Waals surface area (Å²) >= 11 is 0. The van der Waals surface area contributed by atoms with Crippen LogP contribution in [-0.2, 0) is 30.3 Å². The lowest BCUT2D eigenvalue weighted by molar-refractivity contribution is -0.341. The summed E-state index contributed by atoms with van der Waals surface area (Å²) in [4.78, 5) is 0. The van der Waals surface area contributed by atoms with Crippen molar-refractivity contribution in [3.8, 4) is 0 Å². The van der Waals surface area contributed by atoms with Crippen LogP contribution in [0.4, 0.5) is 0 Å². The van der Waals surface area contributed by atoms with Crippen LogP contribution in [-0.4, -0.2) is 37.8 Å². The summed E-state index contributed by atoms with van der Waals surface area (Å²) in [5.74, 6) is 0. The van der Waals surface area contributed by atoms with Crippen molar-refractivity contribution in [2.45, 2.75) is 43.9 Å². The summed E-state index contributed by atoms with van der Waals surface area (Å²) in [6.07, 6.45) is 0.942. The van der Waals surface area contributed by atoms with E-state index in [2.05, 4.69) is 18.7 Å². The van der Waals surface area contributed by atoms with Gasteiger partial charge in [0.1, 0.15) is 12.2 Å². The fourth-order valence-electron chi connectivity index (χ4n) is 3.57. The third kappa shape index (κ3) is 4.69. The summed E-state index contributed by atoms with van der Waals surface area (Å²) in [6.45, 7) is 5.09. The lowest BCUT2D eigenvalue weighted by Gasteiger charge is -2.45. The minimum atomic E-state index is -0.417. The predicted octanol–water partition coefficient (Wildman–Crippen LogP) is 4.00. The van der Waals surface area contributed by atoms with Crippen molar-refractivity contribution >= 4 is 0 Å². The van der Waals surface area contributed by atoms with Gasteiger partial charge in [0.25, 0.3) is 0 Å². The zero-order chi connectivity index (χ0) is 19.2. The number of fused-ring (bicyclic) bond motifs is 1. The Hall–Kier alpha value is -2.02. The second-order valence-corrected chi connectivity index (χ2v) is 6.97. The first-order valence-corrected chi connectivity index (χ1v) is 9.69. The van der Waals surface area contributed by atoms with Gasteiger partial charge in [-0.2, -0.15) is 0 Å². The van der Waals surface area contributed by atoms with Gasteiger partial charge in [-0.05, 0) is 5.56 Å². The molecule has 148 valence electrons. The van der Waals surface area contributed by atoms with Gasteiger partial charge < -0.3 is 23.7 Å². The van der Waals surface area contributed by atoms with Gasteiger partial charge in [0.15, 0.2) is 12.6 Å². The summed E-state index contributed by atoms with van der Waals surface area (Å²) in [5, 5.41) is 0. The molecule has 2 fully saturated rings. The molecule has 0 amide bonds. The standard InChI is InChI=1S/C23H26O5/c1-2-13-24-21-14-19(25-15-17-9-5-3-6-10-17)22-20(27-21)16-26-23(28-22)18-11-7-4-8-12-18/h2-12,19-23H,1,13-16H2. The Morgan fingerprint density at radius 2 is 1.71 bits per heavy atom. The molecule has 0 radical (unpaired) electrons. The van der Waals surface area contributed by atoms with E-state index in [9.17, 15) is 0 Å². The number of ether oxygens (including phenoxy) is 5. The van der Waals surface area contributed by atoms with Crippen LogP contribution in [0.15, 0.2) is 73.3 Å². The van der Waals surface area contributed by atoms with Crippen LogP contribution >= 0.6 is 0 Å². The molecule has 2 aromatic rings. The average Bonchev–Trinajstić information content (AvgIpc) is 2.77. The van der Waals surface area contributed by atoms with Crippen molar-refractivity contribution < 1.29 is 23.7 Å². The summed E-state index contributed by atoms with van der Waals surface area (Å²) in [5.41, 5.74) is 2.12. The minimum absolute atomic E-state index is 0.149. The van der Waals surface area contributed by atoms with E-state index in [4.69, 9.17) is 23.7 Å². The van der Waals surface area contributed by atoms with E-state index in [0.29, 0.717) is 26.2 Å². The Kier molecular flexibility index (Phi) is 6.52. The number of rotatable bonds is 7. The van der Waals surface area contributed by atoms with Gasteiger partial charge in [-0.3, -0.25) is 0 Å². The van der Waals surface area contributed by atoms with E-state index in [1.807, 2.05) is 48.5 Å². The monoisotopic (exact) mass is 382 g/mol. The van der Waals surface area contributed by atoms with Gasteiger partial charge >= 0.3 is 0 Å². The molecule has 5 nitrogen and oxygen atoms in total. The fourth-order valence-corrected chi connectivity index (χ4v) is 3.57. The van der Waals surface area contributed by atoms with Crippen molar-refractivity contribution in [1.82, 2.24) is 0 Å². The average molecular weight is 382 g/mol. The highest BCUT2D eigenvalue weighted by Crippen LogP contribution is 2.35. The van der Waals surface area contributed by atoms with E-state index in [1.165, 1.54) is 0 Å². The largest absolute Gasteiger partial charge is 0.371 e. The molecular formula is C23H26O5. The third-order valence-corrected chi connectivity index (χ3v) is 4.96. The third-order valence-electron chi connectivity index (χ3n) is 4.96. The molecule has 5 unspecified atom stereocenters. The van der Waals surface area contributed by atoms with E-state index >= 15 is 0 Å². The molecule has 2 aliphatic heterocycles. The number of benzene rings is 2. The highest BCUT2D eigenvalue weighted by molar-refractivity contribution is 5.17. The molecule has 0 N–H and O–H groups in total. The first kappa shape index (κ1) is 19.3. The van der Waals surface area contributed by atoms with E-state index in [-0.39, 0.29) is 24.6 Å². The van der Waals surface area contributed by atoms with Crippen molar-refractivity contribution in [2.75, 3.05) is 13.2 Å². The lowest BCUT2D eigenvalue weighted by atomic mass is 9.99. The second kappa shape index (κ2) is 9.45. The topological polar surface area (TPSA) is 46.2 Å². The molecule has 0 aromatic heterocycles. The second-order valence-electron chi connectivity index (χ2n) is 6.97. The maximum atomic E-state index is 6.28. The minimum Gasteiger partial charge on any atom is -0.371 e. The molecule has 4 rings (SSSR count). The molecule has 2 aromatic carbocycles. The maximum Gasteiger partial charge on any atom is 0.184 e. The van der Waals surface area contributed by atoms with Gasteiger partial charge in [0, 0.05) is 12.0 Å². The highest BCUT2D eigenvalue weighted by atomic mass is 16.7. The van der Waals surface area contributed by atoms with Gasteiger partial charge in [0.05, 0.1) is 25.9 Å². The quantitative estimate of drug-likeness (QED) is 0.677. The zero-order valence-corrected chi connectivity index (χ0v) is 15.8. The van der Waals surface area contributed by atoms with Crippen LogP contribution in [0.25, 0.3) is 0 Å². The van der Waals surface area contributed by atoms with Gasteiger partial charge in [-0.15, -0.1) is 6.58 Å². The normalized spacial score (nSPS) is 29.8. The first-order chi connectivity index (χ1) is 13.8. The van der Waals surface area contributed by atoms with E-state index in [0.717, 1.165) is 11.1 Å². The molecule has 28 heavy (non-hydrogen) atoms. The SMILES string of the molecule is C=CCOC1CC(OCc2ccccc2)C2OC(c3ccccc3)OCC2O1. The van der Waals surface area contributed by atoms with Gasteiger partial charge in [0.2, 0.25) is 0 Å². The maximum absolute atomic E-state index is 6.28. The molecule has 2 heterocycles. The van der Waals surface area contributed by atoms with Crippen molar-refractivity contribution in [3.05, 3.63) is 84.4 Å². The molecule has 0 saturated carbocycles. The van der Waals surface area contributed by atoms with E-state index in [1.54, 1.807) is 6.08 Å². The van der Waals surface area contributed by atoms with Crippen molar-refractivity contribution in [3.63, 3.8) is 0 Å². The van der Waals surface area contributed by atoms with Gasteiger partial charge in [-0.1, -0.05) is 66.7 Å². The fraction of sp³-hybridized carbons (Fsp3) is 0.391. The molecule has 2 aliphatic rings. The highest BCUT2D eigenvalue weighted by Gasteiger charge is 2.45. The van der Waals surface area contributed by atoms with Crippen LogP contribution < -0.4 is 0 Å². The molecule has 2 saturated heterocycles. The van der Waals surface area contributed by atoms with Crippen LogP contribution in [0.5, 0.6) is 0 Å². The number of hydrogen-bond acceptors (Lipinski definition) is 5. The molecule has 0 bridgehead atoms. The Labute approximate surface area is 165 Å². The van der Waals surface area contributed by atoms with Crippen LogP contribution in [0.3, 0.4) is 0 Å². The smallest absolute Gasteiger partial charge is 0.184 e. The zero-order valence-electron chi connectivity index (χ0n) is 15.8. The first-order valence-electron chi connectivity index (χ1n) is 9.69. The molecule has 0 spiro atoms. The van der Waals surface area contributed by atoms with E-state index < -0.39 is 6.29 Å². The Morgan fingerprint density at radius 3 is 2.46 bits per heavy atom. The Bertz CT molecular complexity index is 735. The van der Waals surface area contributed by atoms with Crippen LogP contribution in [0, 0.1) is 0 Å². The lowest BCUT2D eigenvalue weighted by Crippen LogP contribution is -2.56. The summed E-state index contributed by atoms with van der Waals surface area (Å²) in [6, 6.07) is 20.1. The van der Waals surface area contributed by atoms with Gasteiger partial charge in [-0.25, -0.2) is 0 Å². The Balaban J connectivity index is 1.46. The predicted molar refractivity (Wildman–Crippen MR) is 104 cm³/mol. The van der Waals surface area contributed by atoms with Crippen molar-refractivity contribution in [2.24, 2.45) is 0 Å². The summed E-state index contributed by atoms with van der Waals surface area (Å²) in [7, 11) is 0. The van der Waals surface area contributed by atoms with Crippen LogP contribution in [0.1, 0.15) is 23.8 Å². The van der Waals surface area contributed by atoms with Crippen LogP contribution in [0.2, 0.25) is 0 Å². The molecule has 5 atom stereocenters. The number of hydrogen-bond donors (Lipinski definition) is 0. The molecule has 0 aliphatic carbocycles. The molecular weight excluding hydrogens is 356 g/mol.